The van der Waals surface area contributed by atoms with Crippen molar-refractivity contribution in [1.29, 1.82) is 0 Å². The molecule has 0 aliphatic heterocycles. The third kappa shape index (κ3) is 5.35. The number of carbonyl (C=O) groups excluding carboxylic acids is 1. The first-order valence-electron chi connectivity index (χ1n) is 8.08. The summed E-state index contributed by atoms with van der Waals surface area (Å²) in [4.78, 5) is 12.3. The van der Waals surface area contributed by atoms with Gasteiger partial charge in [0, 0.05) is 11.3 Å². The van der Waals surface area contributed by atoms with Crippen LogP contribution in [0.25, 0.3) is 0 Å². The van der Waals surface area contributed by atoms with Crippen molar-refractivity contribution in [2.45, 2.75) is 20.8 Å². The Labute approximate surface area is 166 Å². The molecule has 2 aromatic rings. The lowest BCUT2D eigenvalue weighted by Gasteiger charge is -2.15. The van der Waals surface area contributed by atoms with Gasteiger partial charge in [-0.1, -0.05) is 17.3 Å². The lowest BCUT2D eigenvalue weighted by atomic mass is 10.1. The fourth-order valence-electron chi connectivity index (χ4n) is 2.33. The number of oxime groups is 1. The summed E-state index contributed by atoms with van der Waals surface area (Å²) in [5.41, 5.74) is 3.50. The largest absolute Gasteiger partial charge is 0.490 e. The molecule has 0 bridgehead atoms. The molecule has 0 saturated carbocycles. The molecule has 0 heterocycles. The monoisotopic (exact) mass is 468 g/mol. The molecule has 0 radical (unpaired) electrons. The molecule has 0 atom stereocenters. The zero-order valence-electron chi connectivity index (χ0n) is 14.9. The van der Waals surface area contributed by atoms with Gasteiger partial charge in [0.25, 0.3) is 5.91 Å². The summed E-state index contributed by atoms with van der Waals surface area (Å²) < 4.78 is 12.0. The number of carbonyl (C=O) groups is 1. The molecule has 2 aromatic carbocycles. The predicted molar refractivity (Wildman–Crippen MR) is 110 cm³/mol. The van der Waals surface area contributed by atoms with Gasteiger partial charge in [-0.3, -0.25) is 4.79 Å². The highest BCUT2D eigenvalue weighted by atomic mass is 127. The first-order chi connectivity index (χ1) is 12.4. The number of rotatable bonds is 7. The highest BCUT2D eigenvalue weighted by Gasteiger charge is 2.14. The first-order valence-corrected chi connectivity index (χ1v) is 9.16. The second kappa shape index (κ2) is 9.42. The van der Waals surface area contributed by atoms with E-state index in [2.05, 4.69) is 33.1 Å². The van der Waals surface area contributed by atoms with Crippen LogP contribution < -0.4 is 14.8 Å². The molecule has 0 spiro atoms. The Morgan fingerprint density at radius 3 is 2.73 bits per heavy atom. The van der Waals surface area contributed by atoms with E-state index in [1.165, 1.54) is 6.21 Å². The zero-order chi connectivity index (χ0) is 19.1. The van der Waals surface area contributed by atoms with Crippen LogP contribution in [0.2, 0.25) is 0 Å². The quantitative estimate of drug-likeness (QED) is 0.277. The minimum Gasteiger partial charge on any atom is -0.490 e. The van der Waals surface area contributed by atoms with E-state index in [0.29, 0.717) is 23.7 Å². The lowest BCUT2D eigenvalue weighted by Crippen LogP contribution is -2.21. The predicted octanol–water partition coefficient (Wildman–Crippen LogP) is 4.13. The van der Waals surface area contributed by atoms with Crippen molar-refractivity contribution in [3.05, 3.63) is 50.6 Å². The number of ether oxygens (including phenoxy) is 2. The summed E-state index contributed by atoms with van der Waals surface area (Å²) in [6, 6.07) is 9.36. The first kappa shape index (κ1) is 20.0. The van der Waals surface area contributed by atoms with Crippen LogP contribution >= 0.6 is 22.6 Å². The normalized spacial score (nSPS) is 10.8. The Hall–Kier alpha value is -2.29. The van der Waals surface area contributed by atoms with Gasteiger partial charge in [-0.05, 0) is 72.7 Å². The lowest BCUT2D eigenvalue weighted by molar-refractivity contribution is -0.118. The molecule has 0 aliphatic rings. The van der Waals surface area contributed by atoms with Gasteiger partial charge in [-0.15, -0.1) is 0 Å². The van der Waals surface area contributed by atoms with Crippen LogP contribution in [-0.4, -0.2) is 30.5 Å². The Balaban J connectivity index is 2.12. The van der Waals surface area contributed by atoms with Gasteiger partial charge in [0.15, 0.2) is 18.1 Å². The Morgan fingerprint density at radius 2 is 2.04 bits per heavy atom. The number of halogens is 1. The second-order valence-corrected chi connectivity index (χ2v) is 6.82. The van der Waals surface area contributed by atoms with Crippen molar-refractivity contribution in [3.63, 3.8) is 0 Å². The molecule has 0 aromatic heterocycles. The van der Waals surface area contributed by atoms with Crippen LogP contribution in [0.3, 0.4) is 0 Å². The number of hydrogen-bond acceptors (Lipinski definition) is 5. The van der Waals surface area contributed by atoms with Gasteiger partial charge in [-0.2, -0.15) is 0 Å². The SMILES string of the molecule is CCOc1cc(/C=N/O)cc(I)c1OCC(=O)Nc1cc(C)ccc1C. The van der Waals surface area contributed by atoms with Gasteiger partial charge in [-0.25, -0.2) is 0 Å². The van der Waals surface area contributed by atoms with Gasteiger partial charge in [0.05, 0.1) is 16.4 Å². The molecule has 0 aliphatic carbocycles. The van der Waals surface area contributed by atoms with Crippen LogP contribution in [0.15, 0.2) is 35.5 Å². The van der Waals surface area contributed by atoms with Gasteiger partial charge in [0.2, 0.25) is 0 Å². The number of benzene rings is 2. The molecule has 6 nitrogen and oxygen atoms in total. The molecule has 26 heavy (non-hydrogen) atoms. The minimum absolute atomic E-state index is 0.142. The van der Waals surface area contributed by atoms with E-state index >= 15 is 0 Å². The van der Waals surface area contributed by atoms with E-state index < -0.39 is 0 Å². The summed E-state index contributed by atoms with van der Waals surface area (Å²) in [5.74, 6) is 0.727. The molecule has 7 heteroatoms. The standard InChI is InChI=1S/C19H21IN2O4/c1-4-25-17-9-14(10-21-24)8-15(20)19(17)26-11-18(23)22-16-7-12(2)5-6-13(16)3/h5-10,24H,4,11H2,1-3H3,(H,22,23)/b21-10+. The molecule has 0 saturated heterocycles. The summed E-state index contributed by atoms with van der Waals surface area (Å²) in [6.07, 6.45) is 1.31. The summed E-state index contributed by atoms with van der Waals surface area (Å²) in [6.45, 7) is 6.07. The van der Waals surface area contributed by atoms with Crippen molar-refractivity contribution in [2.24, 2.45) is 5.16 Å². The van der Waals surface area contributed by atoms with Crippen molar-refractivity contribution in [1.82, 2.24) is 0 Å². The molecule has 1 amide bonds. The number of nitrogens with zero attached hydrogens (tertiary/aromatic N) is 1. The smallest absolute Gasteiger partial charge is 0.262 e. The summed E-state index contributed by atoms with van der Waals surface area (Å²) in [7, 11) is 0. The van der Waals surface area contributed by atoms with E-state index in [1.54, 1.807) is 12.1 Å². The summed E-state index contributed by atoms with van der Waals surface area (Å²) >= 11 is 2.09. The summed E-state index contributed by atoms with van der Waals surface area (Å²) in [5, 5.41) is 14.6. The third-order valence-corrected chi connectivity index (χ3v) is 4.35. The van der Waals surface area contributed by atoms with Crippen LogP contribution in [0.5, 0.6) is 11.5 Å². The molecule has 2 rings (SSSR count). The van der Waals surface area contributed by atoms with E-state index in [9.17, 15) is 4.79 Å². The molecule has 0 unspecified atom stereocenters. The molecule has 2 N–H and O–H groups in total. The van der Waals surface area contributed by atoms with E-state index in [1.807, 2.05) is 39.0 Å². The number of nitrogens with one attached hydrogen (secondary N) is 1. The zero-order valence-corrected chi connectivity index (χ0v) is 17.0. The average Bonchev–Trinajstić information content (AvgIpc) is 2.58. The number of amides is 1. The highest BCUT2D eigenvalue weighted by molar-refractivity contribution is 14.1. The van der Waals surface area contributed by atoms with Gasteiger partial charge < -0.3 is 20.0 Å². The maximum atomic E-state index is 12.3. The Kier molecular flexibility index (Phi) is 7.26. The maximum Gasteiger partial charge on any atom is 0.262 e. The molecular formula is C19H21IN2O4. The topological polar surface area (TPSA) is 80.2 Å². The van der Waals surface area contributed by atoms with Crippen LogP contribution in [-0.2, 0) is 4.79 Å². The van der Waals surface area contributed by atoms with E-state index in [4.69, 9.17) is 14.7 Å². The Bertz CT molecular complexity index is 821. The Morgan fingerprint density at radius 1 is 1.27 bits per heavy atom. The van der Waals surface area contributed by atoms with Crippen LogP contribution in [0.1, 0.15) is 23.6 Å². The highest BCUT2D eigenvalue weighted by Crippen LogP contribution is 2.34. The molecule has 0 fully saturated rings. The molecular weight excluding hydrogens is 447 g/mol. The van der Waals surface area contributed by atoms with Crippen LogP contribution in [0.4, 0.5) is 5.69 Å². The fraction of sp³-hybridized carbons (Fsp3) is 0.263. The van der Waals surface area contributed by atoms with E-state index in [-0.39, 0.29) is 12.5 Å². The number of hydrogen-bond donors (Lipinski definition) is 2. The number of anilines is 1. The third-order valence-electron chi connectivity index (χ3n) is 3.55. The molecule has 138 valence electrons. The van der Waals surface area contributed by atoms with Crippen molar-refractivity contribution in [2.75, 3.05) is 18.5 Å². The van der Waals surface area contributed by atoms with Gasteiger partial charge >= 0.3 is 0 Å². The van der Waals surface area contributed by atoms with Crippen molar-refractivity contribution in [3.8, 4) is 11.5 Å². The fourth-order valence-corrected chi connectivity index (χ4v) is 3.11. The van der Waals surface area contributed by atoms with Gasteiger partial charge in [0.1, 0.15) is 0 Å². The average molecular weight is 468 g/mol. The second-order valence-electron chi connectivity index (χ2n) is 5.66. The van der Waals surface area contributed by atoms with Crippen molar-refractivity contribution >= 4 is 40.4 Å². The van der Waals surface area contributed by atoms with Crippen molar-refractivity contribution < 1.29 is 19.5 Å². The maximum absolute atomic E-state index is 12.3. The van der Waals surface area contributed by atoms with Crippen LogP contribution in [0, 0.1) is 17.4 Å². The van der Waals surface area contributed by atoms with E-state index in [0.717, 1.165) is 20.4 Å². The minimum atomic E-state index is -0.252. The number of aryl methyl sites for hydroxylation is 2.